The van der Waals surface area contributed by atoms with E-state index in [9.17, 15) is 0 Å². The van der Waals surface area contributed by atoms with Crippen LogP contribution in [0.4, 0.5) is 0 Å². The van der Waals surface area contributed by atoms with Gasteiger partial charge in [0.1, 0.15) is 0 Å². The van der Waals surface area contributed by atoms with Gasteiger partial charge in [0, 0.05) is 12.7 Å². The van der Waals surface area contributed by atoms with Crippen molar-refractivity contribution in [2.75, 3.05) is 6.17 Å². The van der Waals surface area contributed by atoms with E-state index in [0.717, 1.165) is 17.7 Å². The highest BCUT2D eigenvalue weighted by molar-refractivity contribution is 7.80. The summed E-state index contributed by atoms with van der Waals surface area (Å²) in [5.74, 6) is 0. The normalized spacial score (nSPS) is 11.2. The lowest BCUT2D eigenvalue weighted by atomic mass is 10.2. The van der Waals surface area contributed by atoms with E-state index in [4.69, 9.17) is 12.2 Å². The van der Waals surface area contributed by atoms with Crippen molar-refractivity contribution in [3.05, 3.63) is 35.9 Å². The summed E-state index contributed by atoms with van der Waals surface area (Å²) in [7, 11) is -1.10. The maximum Gasteiger partial charge on any atom is 0.0748 e. The van der Waals surface area contributed by atoms with E-state index in [1.54, 1.807) is 0 Å². The van der Waals surface area contributed by atoms with Crippen LogP contribution < -0.4 is 0 Å². The molecule has 1 rings (SSSR count). The first-order valence-electron chi connectivity index (χ1n) is 5.68. The smallest absolute Gasteiger partial charge is 0.0748 e. The van der Waals surface area contributed by atoms with E-state index in [1.807, 2.05) is 6.92 Å². The molecule has 0 heterocycles. The first kappa shape index (κ1) is 13.4. The molecule has 0 spiro atoms. The monoisotopic (exact) mass is 251 g/mol. The highest BCUT2D eigenvalue weighted by atomic mass is 32.1. The maximum absolute atomic E-state index is 5.33. The van der Waals surface area contributed by atoms with E-state index in [2.05, 4.69) is 54.9 Å². The van der Waals surface area contributed by atoms with Crippen LogP contribution in [0, 0.1) is 0 Å². The molecule has 1 aromatic rings. The summed E-state index contributed by atoms with van der Waals surface area (Å²) in [4.78, 5) is 3.34. The lowest BCUT2D eigenvalue weighted by Gasteiger charge is -2.30. The molecule has 3 heteroatoms. The lowest BCUT2D eigenvalue weighted by molar-refractivity contribution is 0.475. The number of hydrogen-bond donors (Lipinski definition) is 0. The molecular formula is C13H21NSSi. The number of nitrogens with zero attached hydrogens (tertiary/aromatic N) is 1. The van der Waals surface area contributed by atoms with Gasteiger partial charge in [-0.15, -0.1) is 0 Å². The summed E-state index contributed by atoms with van der Waals surface area (Å²) >= 11 is 5.33. The van der Waals surface area contributed by atoms with Crippen molar-refractivity contribution in [1.82, 2.24) is 4.90 Å². The lowest BCUT2D eigenvalue weighted by Crippen LogP contribution is -2.41. The van der Waals surface area contributed by atoms with Gasteiger partial charge in [-0.3, -0.25) is 0 Å². The SMILES string of the molecule is CC(=S)N(Cc1ccccc1)C[Si](C)(C)C. The van der Waals surface area contributed by atoms with Crippen LogP contribution in [0.2, 0.25) is 19.6 Å². The van der Waals surface area contributed by atoms with Crippen molar-refractivity contribution in [3.63, 3.8) is 0 Å². The first-order chi connectivity index (χ1) is 7.38. The zero-order chi connectivity index (χ0) is 12.2. The molecule has 0 atom stereocenters. The van der Waals surface area contributed by atoms with Gasteiger partial charge in [0.05, 0.1) is 13.1 Å². The molecule has 0 radical (unpaired) electrons. The third kappa shape index (κ3) is 4.90. The van der Waals surface area contributed by atoms with E-state index >= 15 is 0 Å². The molecule has 0 aromatic heterocycles. The molecule has 1 aromatic carbocycles. The fraction of sp³-hybridized carbons (Fsp3) is 0.462. The van der Waals surface area contributed by atoms with Crippen molar-refractivity contribution in [3.8, 4) is 0 Å². The fourth-order valence-corrected chi connectivity index (χ4v) is 3.39. The van der Waals surface area contributed by atoms with Crippen molar-refractivity contribution in [1.29, 1.82) is 0 Å². The highest BCUT2D eigenvalue weighted by Crippen LogP contribution is 2.10. The Morgan fingerprint density at radius 3 is 2.19 bits per heavy atom. The van der Waals surface area contributed by atoms with Crippen molar-refractivity contribution >= 4 is 25.3 Å². The molecule has 1 nitrogen and oxygen atoms in total. The Bertz CT molecular complexity index is 343. The van der Waals surface area contributed by atoms with Gasteiger partial charge in [0.2, 0.25) is 0 Å². The zero-order valence-electron chi connectivity index (χ0n) is 10.7. The molecule has 0 saturated carbocycles. The van der Waals surface area contributed by atoms with Gasteiger partial charge in [-0.25, -0.2) is 0 Å². The summed E-state index contributed by atoms with van der Waals surface area (Å²) in [5, 5.41) is 0. The van der Waals surface area contributed by atoms with Gasteiger partial charge in [-0.1, -0.05) is 62.2 Å². The maximum atomic E-state index is 5.33. The largest absolute Gasteiger partial charge is 0.365 e. The van der Waals surface area contributed by atoms with Crippen molar-refractivity contribution in [2.45, 2.75) is 33.1 Å². The molecule has 0 fully saturated rings. The second-order valence-electron chi connectivity index (χ2n) is 5.42. The molecule has 0 aliphatic carbocycles. The molecule has 0 unspecified atom stereocenters. The van der Waals surface area contributed by atoms with Crippen molar-refractivity contribution < 1.29 is 0 Å². The Hall–Kier alpha value is -0.673. The third-order valence-corrected chi connectivity index (χ3v) is 3.92. The Morgan fingerprint density at radius 2 is 1.75 bits per heavy atom. The zero-order valence-corrected chi connectivity index (χ0v) is 12.5. The predicted octanol–water partition coefficient (Wildman–Crippen LogP) is 3.71. The average molecular weight is 251 g/mol. The molecule has 16 heavy (non-hydrogen) atoms. The van der Waals surface area contributed by atoms with Crippen LogP contribution >= 0.6 is 12.2 Å². The summed E-state index contributed by atoms with van der Waals surface area (Å²) in [6, 6.07) is 10.5. The van der Waals surface area contributed by atoms with Crippen LogP contribution in [0.1, 0.15) is 12.5 Å². The van der Waals surface area contributed by atoms with E-state index in [0.29, 0.717) is 0 Å². The van der Waals surface area contributed by atoms with Gasteiger partial charge >= 0.3 is 0 Å². The topological polar surface area (TPSA) is 3.24 Å². The molecule has 0 bridgehead atoms. The van der Waals surface area contributed by atoms with Gasteiger partial charge < -0.3 is 4.90 Å². The second kappa shape index (κ2) is 5.59. The minimum atomic E-state index is -1.10. The van der Waals surface area contributed by atoms with Crippen LogP contribution in [-0.2, 0) is 6.54 Å². The van der Waals surface area contributed by atoms with Gasteiger partial charge in [-0.05, 0) is 12.5 Å². The number of rotatable bonds is 4. The molecule has 88 valence electrons. The van der Waals surface area contributed by atoms with Crippen molar-refractivity contribution in [2.24, 2.45) is 0 Å². The van der Waals surface area contributed by atoms with Crippen LogP contribution in [0.25, 0.3) is 0 Å². The molecular weight excluding hydrogens is 230 g/mol. The molecule has 0 aliphatic rings. The van der Waals surface area contributed by atoms with Crippen LogP contribution in [0.5, 0.6) is 0 Å². The minimum Gasteiger partial charge on any atom is -0.365 e. The van der Waals surface area contributed by atoms with E-state index < -0.39 is 8.07 Å². The Balaban J connectivity index is 2.70. The van der Waals surface area contributed by atoms with E-state index in [1.165, 1.54) is 5.56 Å². The molecule has 0 N–H and O–H groups in total. The Labute approximate surface area is 105 Å². The van der Waals surface area contributed by atoms with Gasteiger partial charge in [-0.2, -0.15) is 0 Å². The van der Waals surface area contributed by atoms with Gasteiger partial charge in [0.25, 0.3) is 0 Å². The Kier molecular flexibility index (Phi) is 4.68. The summed E-state index contributed by atoms with van der Waals surface area (Å²) in [6.07, 6.45) is 1.14. The van der Waals surface area contributed by atoms with Crippen LogP contribution in [0.15, 0.2) is 30.3 Å². The average Bonchev–Trinajstić information content (AvgIpc) is 2.16. The number of hydrogen-bond acceptors (Lipinski definition) is 1. The fourth-order valence-electron chi connectivity index (χ4n) is 1.65. The standard InChI is InChI=1S/C13H21NSSi/c1-12(15)14(11-16(2,3)4)10-13-8-6-5-7-9-13/h5-9H,10-11H2,1-4H3. The minimum absolute atomic E-state index is 0.945. The van der Waals surface area contributed by atoms with Crippen LogP contribution in [0.3, 0.4) is 0 Å². The Morgan fingerprint density at radius 1 is 1.19 bits per heavy atom. The number of benzene rings is 1. The third-order valence-electron chi connectivity index (χ3n) is 2.33. The summed E-state index contributed by atoms with van der Waals surface area (Å²) < 4.78 is 0. The van der Waals surface area contributed by atoms with E-state index in [-0.39, 0.29) is 0 Å². The first-order valence-corrected chi connectivity index (χ1v) is 9.79. The van der Waals surface area contributed by atoms with Gasteiger partial charge in [0.15, 0.2) is 0 Å². The summed E-state index contributed by atoms with van der Waals surface area (Å²) in [5.41, 5.74) is 1.34. The highest BCUT2D eigenvalue weighted by Gasteiger charge is 2.18. The molecule has 0 amide bonds. The molecule has 0 aliphatic heterocycles. The predicted molar refractivity (Wildman–Crippen MR) is 78.5 cm³/mol. The van der Waals surface area contributed by atoms with Crippen LogP contribution in [-0.4, -0.2) is 24.1 Å². The summed E-state index contributed by atoms with van der Waals surface area (Å²) in [6.45, 7) is 10.1. The number of thiocarbonyl (C=S) groups is 1. The quantitative estimate of drug-likeness (QED) is 0.593. The molecule has 0 saturated heterocycles. The second-order valence-corrected chi connectivity index (χ2v) is 11.4.